The molecule has 0 spiro atoms. The van der Waals surface area contributed by atoms with E-state index >= 15 is 0 Å². The highest BCUT2D eigenvalue weighted by Crippen LogP contribution is 1.78. The van der Waals surface area contributed by atoms with Gasteiger partial charge in [-0.25, -0.2) is 4.99 Å². The average molecular weight is 114 g/mol. The first-order chi connectivity index (χ1) is 3.66. The van der Waals surface area contributed by atoms with Crippen LogP contribution >= 0.6 is 0 Å². The van der Waals surface area contributed by atoms with Crippen LogP contribution in [0.4, 0.5) is 0 Å². The Morgan fingerprint density at radius 3 is 2.12 bits per heavy atom. The number of rotatable bonds is 0. The van der Waals surface area contributed by atoms with E-state index in [-0.39, 0.29) is 5.84 Å². The van der Waals surface area contributed by atoms with Crippen LogP contribution in [0.3, 0.4) is 0 Å². The third-order valence-electron chi connectivity index (χ3n) is 0.621. The molecule has 0 heterocycles. The Hall–Kier alpha value is -0.860. The van der Waals surface area contributed by atoms with E-state index in [1.54, 1.807) is 13.8 Å². The number of amidine groups is 1. The highest BCUT2D eigenvalue weighted by molar-refractivity contribution is 5.90. The predicted octanol–water partition coefficient (Wildman–Crippen LogP) is 1.05. The fraction of sp³-hybridized carbons (Fsp3) is 0.600. The van der Waals surface area contributed by atoms with E-state index in [9.17, 15) is 0 Å². The van der Waals surface area contributed by atoms with E-state index in [0.29, 0.717) is 5.90 Å². The zero-order valence-corrected chi connectivity index (χ0v) is 5.36. The topological polar surface area (TPSA) is 45.4 Å². The molecule has 0 rings (SSSR count). The summed E-state index contributed by atoms with van der Waals surface area (Å²) < 4.78 is 4.67. The van der Waals surface area contributed by atoms with E-state index in [1.807, 2.05) is 0 Å². The first-order valence-electron chi connectivity index (χ1n) is 2.31. The van der Waals surface area contributed by atoms with Crippen LogP contribution < -0.4 is 0 Å². The van der Waals surface area contributed by atoms with Crippen molar-refractivity contribution < 1.29 is 4.74 Å². The smallest absolute Gasteiger partial charge is 0.186 e. The zero-order chi connectivity index (χ0) is 6.57. The summed E-state index contributed by atoms with van der Waals surface area (Å²) >= 11 is 0. The minimum Gasteiger partial charge on any atom is -0.484 e. The van der Waals surface area contributed by atoms with Crippen molar-refractivity contribution in [2.45, 2.75) is 13.8 Å². The summed E-state index contributed by atoms with van der Waals surface area (Å²) in [4.78, 5) is 3.67. The second kappa shape index (κ2) is 3.18. The molecular formula is C5H10N2O. The summed E-state index contributed by atoms with van der Waals surface area (Å²) in [5, 5.41) is 6.86. The molecular weight excluding hydrogens is 104 g/mol. The summed E-state index contributed by atoms with van der Waals surface area (Å²) in [5.74, 6) is 0.793. The summed E-state index contributed by atoms with van der Waals surface area (Å²) in [6, 6.07) is 0. The van der Waals surface area contributed by atoms with Gasteiger partial charge in [-0.2, -0.15) is 0 Å². The lowest BCUT2D eigenvalue weighted by Gasteiger charge is -1.93. The van der Waals surface area contributed by atoms with Crippen molar-refractivity contribution in [3.63, 3.8) is 0 Å². The molecule has 0 aromatic rings. The third kappa shape index (κ3) is 3.33. The monoisotopic (exact) mass is 114 g/mol. The van der Waals surface area contributed by atoms with Gasteiger partial charge >= 0.3 is 0 Å². The second-order valence-electron chi connectivity index (χ2n) is 1.42. The van der Waals surface area contributed by atoms with Crippen molar-refractivity contribution in [2.75, 3.05) is 7.11 Å². The Kier molecular flexibility index (Phi) is 2.84. The van der Waals surface area contributed by atoms with Crippen molar-refractivity contribution in [1.82, 2.24) is 0 Å². The molecule has 0 aliphatic heterocycles. The molecule has 0 saturated heterocycles. The van der Waals surface area contributed by atoms with Crippen molar-refractivity contribution in [1.29, 1.82) is 5.41 Å². The molecule has 0 aliphatic carbocycles. The Bertz CT molecular complexity index is 118. The molecule has 0 unspecified atom stereocenters. The van der Waals surface area contributed by atoms with Gasteiger partial charge in [-0.05, 0) is 6.92 Å². The summed E-state index contributed by atoms with van der Waals surface area (Å²) in [6.45, 7) is 3.31. The van der Waals surface area contributed by atoms with Crippen LogP contribution in [-0.2, 0) is 4.74 Å². The van der Waals surface area contributed by atoms with Crippen molar-refractivity contribution in [2.24, 2.45) is 4.99 Å². The van der Waals surface area contributed by atoms with Crippen molar-refractivity contribution in [3.05, 3.63) is 0 Å². The maximum atomic E-state index is 6.86. The Balaban J connectivity index is 3.75. The lowest BCUT2D eigenvalue weighted by atomic mass is 10.7. The number of methoxy groups -OCH3 is 1. The maximum Gasteiger partial charge on any atom is 0.186 e. The molecule has 3 nitrogen and oxygen atoms in total. The summed E-state index contributed by atoms with van der Waals surface area (Å²) in [6.07, 6.45) is 0. The molecule has 0 saturated carbocycles. The van der Waals surface area contributed by atoms with Crippen LogP contribution in [0.5, 0.6) is 0 Å². The minimum absolute atomic E-state index is 0.268. The lowest BCUT2D eigenvalue weighted by Crippen LogP contribution is -1.96. The van der Waals surface area contributed by atoms with Gasteiger partial charge in [0.05, 0.1) is 7.11 Å². The number of hydrogen-bond acceptors (Lipinski definition) is 2. The van der Waals surface area contributed by atoms with E-state index in [4.69, 9.17) is 5.41 Å². The fourth-order valence-electron chi connectivity index (χ4n) is 0.282. The van der Waals surface area contributed by atoms with Gasteiger partial charge in [0.1, 0.15) is 5.84 Å². The largest absolute Gasteiger partial charge is 0.484 e. The highest BCUT2D eigenvalue weighted by atomic mass is 16.5. The number of ether oxygens (including phenoxy) is 1. The normalized spacial score (nSPS) is 11.1. The molecule has 1 N–H and O–H groups in total. The molecule has 0 aliphatic rings. The van der Waals surface area contributed by atoms with E-state index < -0.39 is 0 Å². The number of nitrogens with zero attached hydrogens (tertiary/aromatic N) is 1. The Morgan fingerprint density at radius 2 is 2.00 bits per heavy atom. The Labute approximate surface area is 48.9 Å². The first kappa shape index (κ1) is 7.14. The van der Waals surface area contributed by atoms with Crippen LogP contribution in [-0.4, -0.2) is 18.8 Å². The fourth-order valence-corrected chi connectivity index (χ4v) is 0.282. The zero-order valence-electron chi connectivity index (χ0n) is 5.36. The van der Waals surface area contributed by atoms with Crippen LogP contribution in [0.1, 0.15) is 13.8 Å². The van der Waals surface area contributed by atoms with Crippen LogP contribution in [0.2, 0.25) is 0 Å². The van der Waals surface area contributed by atoms with Crippen molar-refractivity contribution in [3.8, 4) is 0 Å². The number of nitrogens with one attached hydrogen (secondary N) is 1. The first-order valence-corrected chi connectivity index (χ1v) is 2.31. The second-order valence-corrected chi connectivity index (χ2v) is 1.42. The van der Waals surface area contributed by atoms with Gasteiger partial charge in [0, 0.05) is 6.92 Å². The van der Waals surface area contributed by atoms with Gasteiger partial charge in [0.2, 0.25) is 0 Å². The lowest BCUT2D eigenvalue weighted by molar-refractivity contribution is 0.400. The standard InChI is InChI=1S/C5H10N2O/c1-4(6)7-5(2)8-3/h6H,1-3H3. The third-order valence-corrected chi connectivity index (χ3v) is 0.621. The number of aliphatic imine (C=N–C) groups is 1. The average Bonchev–Trinajstić information content (AvgIpc) is 1.65. The molecule has 8 heavy (non-hydrogen) atoms. The predicted molar refractivity (Wildman–Crippen MR) is 33.5 cm³/mol. The van der Waals surface area contributed by atoms with Gasteiger partial charge in [-0.3, -0.25) is 5.41 Å². The Morgan fingerprint density at radius 1 is 1.50 bits per heavy atom. The van der Waals surface area contributed by atoms with Gasteiger partial charge < -0.3 is 4.74 Å². The van der Waals surface area contributed by atoms with Crippen LogP contribution in [0.25, 0.3) is 0 Å². The highest BCUT2D eigenvalue weighted by Gasteiger charge is 1.83. The van der Waals surface area contributed by atoms with E-state index in [0.717, 1.165) is 0 Å². The summed E-state index contributed by atoms with van der Waals surface area (Å²) in [7, 11) is 1.53. The molecule has 0 aromatic heterocycles. The van der Waals surface area contributed by atoms with Gasteiger partial charge in [0.15, 0.2) is 5.90 Å². The molecule has 0 fully saturated rings. The van der Waals surface area contributed by atoms with Crippen LogP contribution in [0.15, 0.2) is 4.99 Å². The molecule has 3 heteroatoms. The van der Waals surface area contributed by atoms with E-state index in [2.05, 4.69) is 9.73 Å². The molecule has 0 radical (unpaired) electrons. The van der Waals surface area contributed by atoms with Crippen molar-refractivity contribution >= 4 is 11.7 Å². The maximum absolute atomic E-state index is 6.86. The van der Waals surface area contributed by atoms with Crippen LogP contribution in [0, 0.1) is 5.41 Å². The van der Waals surface area contributed by atoms with E-state index in [1.165, 1.54) is 7.11 Å². The molecule has 0 aromatic carbocycles. The molecule has 0 atom stereocenters. The van der Waals surface area contributed by atoms with Gasteiger partial charge in [0.25, 0.3) is 0 Å². The molecule has 0 bridgehead atoms. The number of hydrogen-bond donors (Lipinski definition) is 1. The van der Waals surface area contributed by atoms with Gasteiger partial charge in [-0.1, -0.05) is 0 Å². The molecule has 0 amide bonds. The SMILES string of the molecule is COC(C)=NC(C)=N. The van der Waals surface area contributed by atoms with Gasteiger partial charge in [-0.15, -0.1) is 0 Å². The quantitative estimate of drug-likeness (QED) is 0.371. The molecule has 46 valence electrons. The summed E-state index contributed by atoms with van der Waals surface area (Å²) in [5.41, 5.74) is 0. The minimum atomic E-state index is 0.268.